The second-order valence-electron chi connectivity index (χ2n) is 4.27. The van der Waals surface area contributed by atoms with Crippen molar-refractivity contribution in [2.24, 2.45) is 0 Å². The molecule has 0 aliphatic rings. The lowest BCUT2D eigenvalue weighted by molar-refractivity contribution is 0.201. The molecule has 1 unspecified atom stereocenters. The predicted octanol–water partition coefficient (Wildman–Crippen LogP) is 2.52. The molecule has 2 aromatic rings. The Kier molecular flexibility index (Phi) is 4.16. The number of aliphatic hydroxyl groups is 1. The molecule has 1 heterocycles. The van der Waals surface area contributed by atoms with E-state index in [0.29, 0.717) is 23.6 Å². The van der Waals surface area contributed by atoms with Gasteiger partial charge in [0.2, 0.25) is 0 Å². The predicted molar refractivity (Wildman–Crippen MR) is 69.5 cm³/mol. The largest absolute Gasteiger partial charge is 0.496 e. The smallest absolute Gasteiger partial charge is 0.125 e. The van der Waals surface area contributed by atoms with Crippen molar-refractivity contribution in [1.82, 2.24) is 9.78 Å². The Balaban J connectivity index is 2.40. The van der Waals surface area contributed by atoms with Crippen molar-refractivity contribution in [3.8, 4) is 5.75 Å². The average molecular weight is 264 g/mol. The van der Waals surface area contributed by atoms with Gasteiger partial charge >= 0.3 is 0 Å². The molecule has 0 saturated heterocycles. The van der Waals surface area contributed by atoms with Gasteiger partial charge in [0.05, 0.1) is 12.8 Å². The summed E-state index contributed by atoms with van der Waals surface area (Å²) in [6.45, 7) is 2.73. The third-order valence-electron chi connectivity index (χ3n) is 2.95. The first-order valence-electron chi connectivity index (χ1n) is 6.20. The Morgan fingerprint density at radius 2 is 2.21 bits per heavy atom. The van der Waals surface area contributed by atoms with Crippen LogP contribution < -0.4 is 4.74 Å². The summed E-state index contributed by atoms with van der Waals surface area (Å²) >= 11 is 0. The maximum Gasteiger partial charge on any atom is 0.125 e. The summed E-state index contributed by atoms with van der Waals surface area (Å²) in [5.41, 5.74) is 1.03. The van der Waals surface area contributed by atoms with E-state index in [-0.39, 0.29) is 0 Å². The van der Waals surface area contributed by atoms with Gasteiger partial charge in [-0.05, 0) is 30.7 Å². The Bertz CT molecular complexity index is 554. The Hall–Kier alpha value is -1.88. The standard InChI is InChI=1S/C14H17FN2O2/c1-3-8-17-12(6-7-16-17)14(18)11-9-10(15)4-5-13(11)19-2/h4-7,9,14,18H,3,8H2,1-2H3. The fraction of sp³-hybridized carbons (Fsp3) is 0.357. The molecule has 1 aromatic carbocycles. The summed E-state index contributed by atoms with van der Waals surface area (Å²) in [7, 11) is 1.49. The Labute approximate surface area is 111 Å². The molecular formula is C14H17FN2O2. The number of ether oxygens (including phenoxy) is 1. The summed E-state index contributed by atoms with van der Waals surface area (Å²) in [4.78, 5) is 0. The minimum absolute atomic E-state index is 0.403. The monoisotopic (exact) mass is 264 g/mol. The summed E-state index contributed by atoms with van der Waals surface area (Å²) in [6.07, 6.45) is 1.57. The van der Waals surface area contributed by atoms with Gasteiger partial charge in [0, 0.05) is 18.3 Å². The summed E-state index contributed by atoms with van der Waals surface area (Å²) in [5.74, 6) is 0.0505. The molecule has 2 rings (SSSR count). The molecular weight excluding hydrogens is 247 g/mol. The summed E-state index contributed by atoms with van der Waals surface area (Å²) < 4.78 is 20.2. The van der Waals surface area contributed by atoms with E-state index < -0.39 is 11.9 Å². The van der Waals surface area contributed by atoms with Gasteiger partial charge in [-0.15, -0.1) is 0 Å². The van der Waals surface area contributed by atoms with Gasteiger partial charge in [0.1, 0.15) is 17.7 Å². The molecule has 5 heteroatoms. The molecule has 1 aromatic heterocycles. The number of hydrogen-bond acceptors (Lipinski definition) is 3. The maximum absolute atomic E-state index is 13.3. The van der Waals surface area contributed by atoms with Gasteiger partial charge in [0.15, 0.2) is 0 Å². The zero-order valence-corrected chi connectivity index (χ0v) is 11.0. The number of methoxy groups -OCH3 is 1. The van der Waals surface area contributed by atoms with E-state index in [2.05, 4.69) is 5.10 Å². The van der Waals surface area contributed by atoms with Crippen LogP contribution in [0.3, 0.4) is 0 Å². The molecule has 0 spiro atoms. The third-order valence-corrected chi connectivity index (χ3v) is 2.95. The van der Waals surface area contributed by atoms with Crippen molar-refractivity contribution in [1.29, 1.82) is 0 Å². The van der Waals surface area contributed by atoms with Crippen molar-refractivity contribution in [2.75, 3.05) is 7.11 Å². The van der Waals surface area contributed by atoms with E-state index in [0.717, 1.165) is 6.42 Å². The topological polar surface area (TPSA) is 47.3 Å². The van der Waals surface area contributed by atoms with Crippen LogP contribution in [0.2, 0.25) is 0 Å². The van der Waals surface area contributed by atoms with Crippen LogP contribution >= 0.6 is 0 Å². The van der Waals surface area contributed by atoms with Crippen molar-refractivity contribution in [3.05, 3.63) is 47.5 Å². The van der Waals surface area contributed by atoms with Gasteiger partial charge < -0.3 is 9.84 Å². The van der Waals surface area contributed by atoms with Gasteiger partial charge in [-0.25, -0.2) is 4.39 Å². The van der Waals surface area contributed by atoms with Crippen LogP contribution in [0.1, 0.15) is 30.7 Å². The highest BCUT2D eigenvalue weighted by Crippen LogP contribution is 2.30. The van der Waals surface area contributed by atoms with Gasteiger partial charge in [-0.3, -0.25) is 4.68 Å². The average Bonchev–Trinajstić information content (AvgIpc) is 2.86. The first-order chi connectivity index (χ1) is 9.17. The number of halogens is 1. The lowest BCUT2D eigenvalue weighted by Crippen LogP contribution is -2.11. The van der Waals surface area contributed by atoms with Crippen LogP contribution in [0, 0.1) is 5.82 Å². The highest BCUT2D eigenvalue weighted by molar-refractivity contribution is 5.39. The van der Waals surface area contributed by atoms with E-state index in [1.807, 2.05) is 6.92 Å². The number of rotatable bonds is 5. The van der Waals surface area contributed by atoms with Crippen molar-refractivity contribution in [3.63, 3.8) is 0 Å². The number of hydrogen-bond donors (Lipinski definition) is 1. The molecule has 0 bridgehead atoms. The lowest BCUT2D eigenvalue weighted by atomic mass is 10.1. The van der Waals surface area contributed by atoms with E-state index in [9.17, 15) is 9.50 Å². The molecule has 19 heavy (non-hydrogen) atoms. The maximum atomic E-state index is 13.3. The number of aromatic nitrogens is 2. The lowest BCUT2D eigenvalue weighted by Gasteiger charge is -2.16. The van der Waals surface area contributed by atoms with Crippen LogP contribution in [-0.2, 0) is 6.54 Å². The molecule has 0 aliphatic heterocycles. The molecule has 4 nitrogen and oxygen atoms in total. The quantitative estimate of drug-likeness (QED) is 0.902. The van der Waals surface area contributed by atoms with Crippen molar-refractivity contribution in [2.45, 2.75) is 26.0 Å². The molecule has 0 radical (unpaired) electrons. The van der Waals surface area contributed by atoms with Crippen molar-refractivity contribution < 1.29 is 14.2 Å². The van der Waals surface area contributed by atoms with Crippen LogP contribution in [0.25, 0.3) is 0 Å². The van der Waals surface area contributed by atoms with Crippen LogP contribution in [-0.4, -0.2) is 22.0 Å². The summed E-state index contributed by atoms with van der Waals surface area (Å²) in [6, 6.07) is 5.82. The zero-order chi connectivity index (χ0) is 13.8. The first-order valence-corrected chi connectivity index (χ1v) is 6.20. The van der Waals surface area contributed by atoms with Gasteiger partial charge in [-0.2, -0.15) is 5.10 Å². The number of aryl methyl sites for hydroxylation is 1. The minimum Gasteiger partial charge on any atom is -0.496 e. The minimum atomic E-state index is -0.959. The van der Waals surface area contributed by atoms with Gasteiger partial charge in [0.25, 0.3) is 0 Å². The second-order valence-corrected chi connectivity index (χ2v) is 4.27. The number of benzene rings is 1. The van der Waals surface area contributed by atoms with Crippen molar-refractivity contribution >= 4 is 0 Å². The SMILES string of the molecule is CCCn1nccc1C(O)c1cc(F)ccc1OC. The molecule has 0 aliphatic carbocycles. The van der Waals surface area contributed by atoms with E-state index in [1.54, 1.807) is 16.9 Å². The molecule has 0 saturated carbocycles. The molecule has 0 fully saturated rings. The normalized spacial score (nSPS) is 12.4. The summed E-state index contributed by atoms with van der Waals surface area (Å²) in [5, 5.41) is 14.6. The third kappa shape index (κ3) is 2.76. The van der Waals surface area contributed by atoms with Crippen LogP contribution in [0.4, 0.5) is 4.39 Å². The Morgan fingerprint density at radius 1 is 1.42 bits per heavy atom. The zero-order valence-electron chi connectivity index (χ0n) is 11.0. The first kappa shape index (κ1) is 13.5. The molecule has 1 atom stereocenters. The van der Waals surface area contributed by atoms with E-state index in [4.69, 9.17) is 4.74 Å². The van der Waals surface area contributed by atoms with E-state index >= 15 is 0 Å². The van der Waals surface area contributed by atoms with Gasteiger partial charge in [-0.1, -0.05) is 6.92 Å². The fourth-order valence-electron chi connectivity index (χ4n) is 2.05. The Morgan fingerprint density at radius 3 is 2.89 bits per heavy atom. The van der Waals surface area contributed by atoms with Crippen LogP contribution in [0.5, 0.6) is 5.75 Å². The second kappa shape index (κ2) is 5.84. The highest BCUT2D eigenvalue weighted by atomic mass is 19.1. The van der Waals surface area contributed by atoms with E-state index in [1.165, 1.54) is 25.3 Å². The number of nitrogens with zero attached hydrogens (tertiary/aromatic N) is 2. The molecule has 1 N–H and O–H groups in total. The van der Waals surface area contributed by atoms with Crippen LogP contribution in [0.15, 0.2) is 30.5 Å². The number of aliphatic hydroxyl groups excluding tert-OH is 1. The highest BCUT2D eigenvalue weighted by Gasteiger charge is 2.19. The molecule has 102 valence electrons. The fourth-order valence-corrected chi connectivity index (χ4v) is 2.05. The molecule has 0 amide bonds.